The van der Waals surface area contributed by atoms with Gasteiger partial charge in [0.2, 0.25) is 15.9 Å². The van der Waals surface area contributed by atoms with E-state index >= 15 is 0 Å². The molecule has 0 N–H and O–H groups in total. The van der Waals surface area contributed by atoms with Crippen molar-refractivity contribution < 1.29 is 22.7 Å². The van der Waals surface area contributed by atoms with Crippen molar-refractivity contribution in [2.24, 2.45) is 0 Å². The average Bonchev–Trinajstić information content (AvgIpc) is 2.78. The monoisotopic (exact) mass is 486 g/mol. The molecule has 168 valence electrons. The lowest BCUT2D eigenvalue weighted by molar-refractivity contribution is -0.132. The van der Waals surface area contributed by atoms with E-state index in [-0.39, 0.29) is 28.9 Å². The highest BCUT2D eigenvalue weighted by Crippen LogP contribution is 2.27. The zero-order valence-corrected chi connectivity index (χ0v) is 19.6. The molecule has 0 spiro atoms. The molecule has 10 heteroatoms. The van der Waals surface area contributed by atoms with Crippen molar-refractivity contribution >= 4 is 39.1 Å². The van der Waals surface area contributed by atoms with Crippen LogP contribution in [0.2, 0.25) is 10.0 Å². The molecule has 1 saturated heterocycles. The zero-order chi connectivity index (χ0) is 22.6. The van der Waals surface area contributed by atoms with Crippen LogP contribution in [0.4, 0.5) is 0 Å². The topological polar surface area (TPSA) is 76.2 Å². The van der Waals surface area contributed by atoms with E-state index in [0.717, 1.165) is 5.56 Å². The Morgan fingerprint density at radius 2 is 1.55 bits per heavy atom. The van der Waals surface area contributed by atoms with Crippen molar-refractivity contribution in [3.8, 4) is 11.5 Å². The Kier molecular flexibility index (Phi) is 7.69. The van der Waals surface area contributed by atoms with E-state index in [1.165, 1.54) is 22.5 Å². The van der Waals surface area contributed by atoms with E-state index < -0.39 is 10.0 Å². The maximum absolute atomic E-state index is 12.9. The Morgan fingerprint density at radius 3 is 2.10 bits per heavy atom. The molecule has 7 nitrogen and oxygen atoms in total. The van der Waals surface area contributed by atoms with Gasteiger partial charge in [-0.2, -0.15) is 4.31 Å². The van der Waals surface area contributed by atoms with Crippen LogP contribution < -0.4 is 9.47 Å². The fourth-order valence-corrected chi connectivity index (χ4v) is 5.20. The predicted molar refractivity (Wildman–Crippen MR) is 120 cm³/mol. The number of amides is 1. The largest absolute Gasteiger partial charge is 0.497 e. The number of carbonyl (C=O) groups is 1. The molecule has 0 aromatic heterocycles. The number of rotatable bonds is 7. The first-order chi connectivity index (χ1) is 14.7. The Bertz CT molecular complexity index is 1030. The van der Waals surface area contributed by atoms with E-state index in [0.29, 0.717) is 42.5 Å². The molecule has 0 bridgehead atoms. The van der Waals surface area contributed by atoms with Crippen LogP contribution in [0.1, 0.15) is 12.0 Å². The molecule has 3 rings (SSSR count). The Morgan fingerprint density at radius 1 is 0.935 bits per heavy atom. The maximum Gasteiger partial charge on any atom is 0.243 e. The molecule has 31 heavy (non-hydrogen) atoms. The standard InChI is InChI=1S/C21H24Cl2N2O5S/c1-29-16-11-15(12-17(13-16)30-2)3-6-21(26)24-7-9-25(10-8-24)31(27,28)18-4-5-19(22)20(23)14-18/h4-5,11-14H,3,6-10H2,1-2H3. The number of carbonyl (C=O) groups excluding carboxylic acids is 1. The van der Waals surface area contributed by atoms with Gasteiger partial charge in [0.25, 0.3) is 0 Å². The second-order valence-electron chi connectivity index (χ2n) is 7.08. The second kappa shape index (κ2) is 10.1. The third kappa shape index (κ3) is 5.63. The summed E-state index contributed by atoms with van der Waals surface area (Å²) >= 11 is 11.8. The molecule has 0 unspecified atom stereocenters. The van der Waals surface area contributed by atoms with Crippen molar-refractivity contribution in [3.05, 3.63) is 52.0 Å². The normalized spacial score (nSPS) is 15.0. The fourth-order valence-electron chi connectivity index (χ4n) is 3.38. The molecule has 0 aliphatic carbocycles. The van der Waals surface area contributed by atoms with Crippen molar-refractivity contribution in [2.75, 3.05) is 40.4 Å². The fraction of sp³-hybridized carbons (Fsp3) is 0.381. The first-order valence-corrected chi connectivity index (χ1v) is 11.9. The quantitative estimate of drug-likeness (QED) is 0.598. The summed E-state index contributed by atoms with van der Waals surface area (Å²) in [5, 5.41) is 0.482. The summed E-state index contributed by atoms with van der Waals surface area (Å²) in [5.41, 5.74) is 0.936. The summed E-state index contributed by atoms with van der Waals surface area (Å²) in [4.78, 5) is 14.4. The number of methoxy groups -OCH3 is 2. The smallest absolute Gasteiger partial charge is 0.243 e. The number of ether oxygens (including phenoxy) is 2. The summed E-state index contributed by atoms with van der Waals surface area (Å²) in [7, 11) is -0.539. The van der Waals surface area contributed by atoms with E-state index in [2.05, 4.69) is 0 Å². The number of hydrogen-bond acceptors (Lipinski definition) is 5. The lowest BCUT2D eigenvalue weighted by Gasteiger charge is -2.34. The van der Waals surface area contributed by atoms with Crippen LogP contribution in [-0.2, 0) is 21.2 Å². The number of piperazine rings is 1. The molecule has 0 radical (unpaired) electrons. The molecule has 1 aliphatic heterocycles. The number of halogens is 2. The van der Waals surface area contributed by atoms with E-state index in [4.69, 9.17) is 32.7 Å². The van der Waals surface area contributed by atoms with Gasteiger partial charge in [-0.15, -0.1) is 0 Å². The maximum atomic E-state index is 12.9. The van der Waals surface area contributed by atoms with E-state index in [1.807, 2.05) is 12.1 Å². The SMILES string of the molecule is COc1cc(CCC(=O)N2CCN(S(=O)(=O)c3ccc(Cl)c(Cl)c3)CC2)cc(OC)c1. The van der Waals surface area contributed by atoms with Crippen LogP contribution in [-0.4, -0.2) is 63.9 Å². The van der Waals surface area contributed by atoms with Crippen LogP contribution in [0.5, 0.6) is 11.5 Å². The summed E-state index contributed by atoms with van der Waals surface area (Å²) in [6, 6.07) is 9.76. The van der Waals surface area contributed by atoms with Crippen molar-refractivity contribution in [3.63, 3.8) is 0 Å². The number of benzene rings is 2. The van der Waals surface area contributed by atoms with Crippen molar-refractivity contribution in [1.29, 1.82) is 0 Å². The van der Waals surface area contributed by atoms with Gasteiger partial charge in [0.1, 0.15) is 11.5 Å². The molecule has 1 amide bonds. The molecular formula is C21H24Cl2N2O5S. The number of aryl methyl sites for hydroxylation is 1. The van der Waals surface area contributed by atoms with E-state index in [9.17, 15) is 13.2 Å². The third-order valence-corrected chi connectivity index (χ3v) is 7.79. The highest BCUT2D eigenvalue weighted by Gasteiger charge is 2.30. The van der Waals surface area contributed by atoms with Gasteiger partial charge in [-0.1, -0.05) is 23.2 Å². The third-order valence-electron chi connectivity index (χ3n) is 5.16. The van der Waals surface area contributed by atoms with E-state index in [1.54, 1.807) is 25.2 Å². The van der Waals surface area contributed by atoms with Crippen LogP contribution in [0.3, 0.4) is 0 Å². The highest BCUT2D eigenvalue weighted by molar-refractivity contribution is 7.89. The van der Waals surface area contributed by atoms with Gasteiger partial charge in [-0.3, -0.25) is 4.79 Å². The predicted octanol–water partition coefficient (Wildman–Crippen LogP) is 3.48. The number of sulfonamides is 1. The minimum absolute atomic E-state index is 0.0200. The molecule has 2 aromatic rings. The number of hydrogen-bond donors (Lipinski definition) is 0. The summed E-state index contributed by atoms with van der Waals surface area (Å²) in [6.07, 6.45) is 0.851. The van der Waals surface area contributed by atoms with Crippen molar-refractivity contribution in [1.82, 2.24) is 9.21 Å². The molecule has 2 aromatic carbocycles. The lowest BCUT2D eigenvalue weighted by Crippen LogP contribution is -2.50. The minimum Gasteiger partial charge on any atom is -0.497 e. The molecule has 0 atom stereocenters. The van der Waals surface area contributed by atoms with Crippen LogP contribution in [0, 0.1) is 0 Å². The first-order valence-electron chi connectivity index (χ1n) is 9.69. The van der Waals surface area contributed by atoms with Crippen LogP contribution in [0.25, 0.3) is 0 Å². The van der Waals surface area contributed by atoms with Gasteiger partial charge in [0.15, 0.2) is 0 Å². The number of nitrogens with zero attached hydrogens (tertiary/aromatic N) is 2. The summed E-state index contributed by atoms with van der Waals surface area (Å²) < 4.78 is 37.6. The Balaban J connectivity index is 1.58. The molecular weight excluding hydrogens is 463 g/mol. The zero-order valence-electron chi connectivity index (χ0n) is 17.3. The van der Waals surface area contributed by atoms with Gasteiger partial charge >= 0.3 is 0 Å². The van der Waals surface area contributed by atoms with Gasteiger partial charge in [-0.05, 0) is 42.3 Å². The van der Waals surface area contributed by atoms with Gasteiger partial charge < -0.3 is 14.4 Å². The lowest BCUT2D eigenvalue weighted by atomic mass is 10.1. The van der Waals surface area contributed by atoms with Gasteiger partial charge in [0, 0.05) is 38.7 Å². The van der Waals surface area contributed by atoms with Crippen LogP contribution in [0.15, 0.2) is 41.3 Å². The van der Waals surface area contributed by atoms with Gasteiger partial charge in [-0.25, -0.2) is 8.42 Å². The van der Waals surface area contributed by atoms with Crippen molar-refractivity contribution in [2.45, 2.75) is 17.7 Å². The summed E-state index contributed by atoms with van der Waals surface area (Å²) in [6.45, 7) is 1.12. The first kappa shape index (κ1) is 23.7. The minimum atomic E-state index is -3.70. The van der Waals surface area contributed by atoms with Gasteiger partial charge in [0.05, 0.1) is 29.2 Å². The molecule has 0 saturated carbocycles. The Hall–Kier alpha value is -2.00. The average molecular weight is 487 g/mol. The summed E-state index contributed by atoms with van der Waals surface area (Å²) in [5.74, 6) is 1.32. The molecule has 1 fully saturated rings. The molecule has 1 aliphatic rings. The van der Waals surface area contributed by atoms with Crippen LogP contribution >= 0.6 is 23.2 Å². The highest BCUT2D eigenvalue weighted by atomic mass is 35.5. The Labute approximate surface area is 192 Å². The molecule has 1 heterocycles. The second-order valence-corrected chi connectivity index (χ2v) is 9.83.